The third-order valence-corrected chi connectivity index (χ3v) is 6.77. The van der Waals surface area contributed by atoms with E-state index in [0.717, 1.165) is 38.8 Å². The third-order valence-electron chi connectivity index (χ3n) is 6.77. The van der Waals surface area contributed by atoms with Crippen molar-refractivity contribution in [2.45, 2.75) is 32.7 Å². The van der Waals surface area contributed by atoms with Gasteiger partial charge in [-0.05, 0) is 56.2 Å². The van der Waals surface area contributed by atoms with Gasteiger partial charge in [-0.3, -0.25) is 4.79 Å². The molecule has 0 bridgehead atoms. The van der Waals surface area contributed by atoms with E-state index in [-0.39, 0.29) is 17.9 Å². The van der Waals surface area contributed by atoms with Crippen LogP contribution in [0.2, 0.25) is 0 Å². The number of nitrogens with zero attached hydrogens (tertiary/aromatic N) is 4. The van der Waals surface area contributed by atoms with Crippen molar-refractivity contribution in [1.82, 2.24) is 25.1 Å². The number of benzene rings is 2. The van der Waals surface area contributed by atoms with Gasteiger partial charge in [-0.1, -0.05) is 30.3 Å². The van der Waals surface area contributed by atoms with Crippen LogP contribution in [0.4, 0.5) is 5.69 Å². The first-order chi connectivity index (χ1) is 17.3. The van der Waals surface area contributed by atoms with Gasteiger partial charge in [-0.2, -0.15) is 5.10 Å². The lowest BCUT2D eigenvalue weighted by Crippen LogP contribution is -2.29. The summed E-state index contributed by atoms with van der Waals surface area (Å²) in [4.78, 5) is 23.6. The highest BCUT2D eigenvalue weighted by molar-refractivity contribution is 5.98. The lowest BCUT2D eigenvalue weighted by molar-refractivity contribution is 0.0951. The van der Waals surface area contributed by atoms with Gasteiger partial charge in [0.2, 0.25) is 0 Å². The molecule has 7 nitrogen and oxygen atoms in total. The van der Waals surface area contributed by atoms with Crippen LogP contribution in [0.5, 0.6) is 0 Å². The smallest absolute Gasteiger partial charge is 0.253 e. The molecule has 0 aliphatic heterocycles. The number of fused-ring (bicyclic) bond motifs is 2. The number of pyridine rings is 1. The molecule has 5 aromatic rings. The number of H-pyrrole nitrogens is 1. The Morgan fingerprint density at radius 2 is 1.86 bits per heavy atom. The molecular formula is C29H32N6O. The highest BCUT2D eigenvalue weighted by Crippen LogP contribution is 2.31. The Hall–Kier alpha value is -4.13. The second kappa shape index (κ2) is 9.49. The normalized spacial score (nSPS) is 12.4. The Morgan fingerprint density at radius 3 is 2.58 bits per heavy atom. The van der Waals surface area contributed by atoms with Crippen molar-refractivity contribution in [3.8, 4) is 0 Å². The number of hydrogen-bond donors (Lipinski definition) is 2. The van der Waals surface area contributed by atoms with Gasteiger partial charge in [0.25, 0.3) is 5.91 Å². The van der Waals surface area contributed by atoms with E-state index in [1.165, 1.54) is 0 Å². The Bertz CT molecular complexity index is 1530. The van der Waals surface area contributed by atoms with Crippen molar-refractivity contribution >= 4 is 33.5 Å². The summed E-state index contributed by atoms with van der Waals surface area (Å²) in [7, 11) is 4.06. The predicted octanol–water partition coefficient (Wildman–Crippen LogP) is 5.43. The largest absolute Gasteiger partial charge is 0.378 e. The van der Waals surface area contributed by atoms with Gasteiger partial charge in [-0.15, -0.1) is 0 Å². The zero-order valence-corrected chi connectivity index (χ0v) is 21.4. The summed E-state index contributed by atoms with van der Waals surface area (Å²) < 4.78 is 1.88. The van der Waals surface area contributed by atoms with Gasteiger partial charge in [0.1, 0.15) is 0 Å². The summed E-state index contributed by atoms with van der Waals surface area (Å²) in [5.41, 5.74) is 6.60. The van der Waals surface area contributed by atoms with E-state index in [1.807, 2.05) is 43.9 Å². The van der Waals surface area contributed by atoms with Crippen LogP contribution in [-0.2, 0) is 0 Å². The second-order valence-electron chi connectivity index (χ2n) is 9.76. The zero-order chi connectivity index (χ0) is 25.4. The lowest BCUT2D eigenvalue weighted by atomic mass is 9.90. The molecule has 0 saturated carbocycles. The molecule has 1 unspecified atom stereocenters. The number of aromatic nitrogens is 4. The molecule has 0 radical (unpaired) electrons. The second-order valence-corrected chi connectivity index (χ2v) is 9.76. The zero-order valence-electron chi connectivity index (χ0n) is 21.4. The fourth-order valence-electron chi connectivity index (χ4n) is 4.76. The minimum atomic E-state index is -0.131. The van der Waals surface area contributed by atoms with Crippen LogP contribution >= 0.6 is 0 Å². The van der Waals surface area contributed by atoms with E-state index in [2.05, 4.69) is 76.7 Å². The van der Waals surface area contributed by atoms with Crippen molar-refractivity contribution < 1.29 is 4.79 Å². The fraction of sp³-hybridized carbons (Fsp3) is 0.276. The molecule has 2 aromatic carbocycles. The van der Waals surface area contributed by atoms with Crippen molar-refractivity contribution in [2.24, 2.45) is 0 Å². The molecule has 5 rings (SSSR count). The van der Waals surface area contributed by atoms with E-state index < -0.39 is 0 Å². The Balaban J connectivity index is 1.46. The number of carbonyl (C=O) groups is 1. The molecule has 0 aliphatic rings. The standard InChI is InChI=1S/C29H32N6O/c1-18(2)35-28-21(15-32-35)14-24(19(3)33-28)29(36)31-16-25(20-10-12-22(13-11-20)34(4)5)26-17-30-27-9-7-6-8-23(26)27/h6-15,17-18,25,30H,16H2,1-5H3,(H,31,36). The molecule has 3 aromatic heterocycles. The van der Waals surface area contributed by atoms with Crippen LogP contribution in [0.15, 0.2) is 67.0 Å². The maximum atomic E-state index is 13.4. The monoisotopic (exact) mass is 480 g/mol. The first kappa shape index (κ1) is 23.6. The Morgan fingerprint density at radius 1 is 1.11 bits per heavy atom. The average molecular weight is 481 g/mol. The number of aryl methyl sites for hydroxylation is 1. The molecule has 36 heavy (non-hydrogen) atoms. The van der Waals surface area contributed by atoms with Crippen molar-refractivity contribution in [3.05, 3.63) is 89.4 Å². The van der Waals surface area contributed by atoms with Gasteiger partial charge in [0, 0.05) is 60.8 Å². The molecule has 1 atom stereocenters. The number of aromatic amines is 1. The van der Waals surface area contributed by atoms with E-state index in [0.29, 0.717) is 17.8 Å². The minimum absolute atomic E-state index is 0.0120. The third kappa shape index (κ3) is 4.33. The summed E-state index contributed by atoms with van der Waals surface area (Å²) >= 11 is 0. The summed E-state index contributed by atoms with van der Waals surface area (Å²) in [5.74, 6) is -0.143. The van der Waals surface area contributed by atoms with Gasteiger partial charge in [0.05, 0.1) is 17.5 Å². The number of amides is 1. The molecular weight excluding hydrogens is 448 g/mol. The number of para-hydroxylation sites is 1. The average Bonchev–Trinajstić information content (AvgIpc) is 3.48. The van der Waals surface area contributed by atoms with Crippen molar-refractivity contribution in [1.29, 1.82) is 0 Å². The molecule has 0 fully saturated rings. The lowest BCUT2D eigenvalue weighted by Gasteiger charge is -2.20. The number of hydrogen-bond acceptors (Lipinski definition) is 4. The van der Waals surface area contributed by atoms with Crippen molar-refractivity contribution in [3.63, 3.8) is 0 Å². The van der Waals surface area contributed by atoms with Crippen LogP contribution in [0.25, 0.3) is 21.9 Å². The first-order valence-corrected chi connectivity index (χ1v) is 12.3. The summed E-state index contributed by atoms with van der Waals surface area (Å²) in [6.45, 7) is 6.48. The van der Waals surface area contributed by atoms with Gasteiger partial charge in [0.15, 0.2) is 5.65 Å². The molecule has 0 aliphatic carbocycles. The van der Waals surface area contributed by atoms with E-state index in [9.17, 15) is 4.79 Å². The quantitative estimate of drug-likeness (QED) is 0.326. The molecule has 7 heteroatoms. The summed E-state index contributed by atoms with van der Waals surface area (Å²) in [5, 5.41) is 9.67. The van der Waals surface area contributed by atoms with E-state index >= 15 is 0 Å². The predicted molar refractivity (Wildman–Crippen MR) is 146 cm³/mol. The van der Waals surface area contributed by atoms with Crippen LogP contribution in [0.3, 0.4) is 0 Å². The first-order valence-electron chi connectivity index (χ1n) is 12.3. The molecule has 0 spiro atoms. The summed E-state index contributed by atoms with van der Waals surface area (Å²) in [6, 6.07) is 18.9. The maximum absolute atomic E-state index is 13.4. The van der Waals surface area contributed by atoms with Gasteiger partial charge in [-0.25, -0.2) is 9.67 Å². The Labute approximate surface area is 211 Å². The topological polar surface area (TPSA) is 78.8 Å². The highest BCUT2D eigenvalue weighted by atomic mass is 16.1. The summed E-state index contributed by atoms with van der Waals surface area (Å²) in [6.07, 6.45) is 3.83. The van der Waals surface area contributed by atoms with Gasteiger partial charge >= 0.3 is 0 Å². The fourth-order valence-corrected chi connectivity index (χ4v) is 4.76. The van der Waals surface area contributed by atoms with Gasteiger partial charge < -0.3 is 15.2 Å². The van der Waals surface area contributed by atoms with Crippen LogP contribution < -0.4 is 10.2 Å². The number of nitrogens with one attached hydrogen (secondary N) is 2. The number of anilines is 1. The highest BCUT2D eigenvalue weighted by Gasteiger charge is 2.21. The molecule has 1 amide bonds. The number of rotatable bonds is 7. The van der Waals surface area contributed by atoms with Crippen LogP contribution in [-0.4, -0.2) is 46.3 Å². The molecule has 0 saturated heterocycles. The minimum Gasteiger partial charge on any atom is -0.378 e. The molecule has 2 N–H and O–H groups in total. The molecule has 3 heterocycles. The van der Waals surface area contributed by atoms with E-state index in [4.69, 9.17) is 4.98 Å². The SMILES string of the molecule is Cc1nc2c(cnn2C(C)C)cc1C(=O)NCC(c1ccc(N(C)C)cc1)c1c[nH]c2ccccc12. The van der Waals surface area contributed by atoms with Crippen LogP contribution in [0.1, 0.15) is 53.0 Å². The van der Waals surface area contributed by atoms with E-state index in [1.54, 1.807) is 6.20 Å². The van der Waals surface area contributed by atoms with Crippen molar-refractivity contribution in [2.75, 3.05) is 25.5 Å². The Kier molecular flexibility index (Phi) is 6.22. The number of carbonyl (C=O) groups excluding carboxylic acids is 1. The molecule has 184 valence electrons. The maximum Gasteiger partial charge on any atom is 0.253 e. The van der Waals surface area contributed by atoms with Crippen LogP contribution in [0, 0.1) is 6.92 Å².